The van der Waals surface area contributed by atoms with Gasteiger partial charge in [0.15, 0.2) is 5.16 Å². The summed E-state index contributed by atoms with van der Waals surface area (Å²) in [6.45, 7) is 11.5. The molecular formula is C23H29ClN4O2S. The van der Waals surface area contributed by atoms with Crippen molar-refractivity contribution in [3.63, 3.8) is 0 Å². The summed E-state index contributed by atoms with van der Waals surface area (Å²) in [6, 6.07) is 7.54. The van der Waals surface area contributed by atoms with Gasteiger partial charge in [-0.15, -0.1) is 0 Å². The second-order valence-electron chi connectivity index (χ2n) is 9.37. The van der Waals surface area contributed by atoms with E-state index in [1.165, 1.54) is 17.3 Å². The number of hydrogen-bond acceptors (Lipinski definition) is 5. The Morgan fingerprint density at radius 2 is 1.87 bits per heavy atom. The molecular weight excluding hydrogens is 432 g/mol. The fourth-order valence-electron chi connectivity index (χ4n) is 4.09. The quantitative estimate of drug-likeness (QED) is 0.641. The van der Waals surface area contributed by atoms with Gasteiger partial charge >= 0.3 is 0 Å². The number of carbonyl (C=O) groups is 1. The van der Waals surface area contributed by atoms with Crippen molar-refractivity contribution >= 4 is 35.0 Å². The molecule has 1 unspecified atom stereocenters. The Bertz CT molecular complexity index is 1050. The standard InChI is InChI=1S/C23H29ClN4O2S/c1-15-5-6-17(24)11-18(15)26-7-9-27(10-8-26)21(30)16-13-28-20(29)12-19(23(2,3)4)25-22(28)31-14-16/h5-6,11-12,16H,7-10,13-14H2,1-4H3. The molecule has 1 aromatic carbocycles. The summed E-state index contributed by atoms with van der Waals surface area (Å²) in [7, 11) is 0. The highest BCUT2D eigenvalue weighted by Gasteiger charge is 2.32. The fourth-order valence-corrected chi connectivity index (χ4v) is 5.34. The number of nitrogens with zero attached hydrogens (tertiary/aromatic N) is 4. The maximum atomic E-state index is 13.2. The summed E-state index contributed by atoms with van der Waals surface area (Å²) >= 11 is 7.69. The van der Waals surface area contributed by atoms with E-state index in [0.717, 1.165) is 34.6 Å². The molecule has 0 aliphatic carbocycles. The smallest absolute Gasteiger partial charge is 0.254 e. The molecule has 2 aromatic rings. The van der Waals surface area contributed by atoms with Gasteiger partial charge in [-0.05, 0) is 24.6 Å². The average molecular weight is 461 g/mol. The van der Waals surface area contributed by atoms with E-state index in [1.54, 1.807) is 10.6 Å². The zero-order valence-electron chi connectivity index (χ0n) is 18.5. The maximum absolute atomic E-state index is 13.2. The van der Waals surface area contributed by atoms with E-state index in [9.17, 15) is 9.59 Å². The van der Waals surface area contributed by atoms with Crippen molar-refractivity contribution in [1.82, 2.24) is 14.5 Å². The van der Waals surface area contributed by atoms with E-state index >= 15 is 0 Å². The van der Waals surface area contributed by atoms with Gasteiger partial charge in [-0.25, -0.2) is 4.98 Å². The third kappa shape index (κ3) is 4.62. The summed E-state index contributed by atoms with van der Waals surface area (Å²) in [4.78, 5) is 34.8. The molecule has 3 heterocycles. The fraction of sp³-hybridized carbons (Fsp3) is 0.522. The minimum Gasteiger partial charge on any atom is -0.368 e. The Balaban J connectivity index is 1.43. The molecule has 2 aliphatic heterocycles. The summed E-state index contributed by atoms with van der Waals surface area (Å²) in [6.07, 6.45) is 0. The number of hydrogen-bond donors (Lipinski definition) is 0. The van der Waals surface area contributed by atoms with Crippen molar-refractivity contribution in [2.75, 3.05) is 36.8 Å². The van der Waals surface area contributed by atoms with Gasteiger partial charge in [-0.1, -0.05) is 50.2 Å². The van der Waals surface area contributed by atoms with E-state index in [1.807, 2.05) is 23.1 Å². The molecule has 0 bridgehead atoms. The van der Waals surface area contributed by atoms with Gasteiger partial charge in [0.25, 0.3) is 5.56 Å². The second kappa shape index (κ2) is 8.51. The number of thioether (sulfide) groups is 1. The minimum absolute atomic E-state index is 0.0684. The van der Waals surface area contributed by atoms with Gasteiger partial charge in [0.1, 0.15) is 0 Å². The normalized spacial score (nSPS) is 19.3. The van der Waals surface area contributed by atoms with Crippen LogP contribution >= 0.6 is 23.4 Å². The number of halogens is 1. The van der Waals surface area contributed by atoms with Crippen molar-refractivity contribution in [2.24, 2.45) is 5.92 Å². The molecule has 1 atom stereocenters. The summed E-state index contributed by atoms with van der Waals surface area (Å²) < 4.78 is 1.66. The lowest BCUT2D eigenvalue weighted by Crippen LogP contribution is -2.52. The molecule has 6 nitrogen and oxygen atoms in total. The molecule has 0 N–H and O–H groups in total. The largest absolute Gasteiger partial charge is 0.368 e. The Morgan fingerprint density at radius 1 is 1.16 bits per heavy atom. The molecule has 1 aromatic heterocycles. The number of anilines is 1. The van der Waals surface area contributed by atoms with Gasteiger partial charge in [0, 0.05) is 60.7 Å². The summed E-state index contributed by atoms with van der Waals surface area (Å²) in [5.41, 5.74) is 2.87. The molecule has 31 heavy (non-hydrogen) atoms. The third-order valence-corrected chi connectivity index (χ3v) is 7.38. The molecule has 1 saturated heterocycles. The van der Waals surface area contributed by atoms with E-state index in [4.69, 9.17) is 16.6 Å². The van der Waals surface area contributed by atoms with Crippen molar-refractivity contribution in [2.45, 2.75) is 44.8 Å². The van der Waals surface area contributed by atoms with Crippen LogP contribution in [-0.2, 0) is 16.8 Å². The van der Waals surface area contributed by atoms with Gasteiger partial charge in [-0.3, -0.25) is 14.2 Å². The minimum atomic E-state index is -0.197. The Kier molecular flexibility index (Phi) is 6.10. The molecule has 4 rings (SSSR count). The SMILES string of the molecule is Cc1ccc(Cl)cc1N1CCN(C(=O)C2CSc3nc(C(C)(C)C)cc(=O)n3C2)CC1. The molecule has 0 radical (unpaired) electrons. The number of piperazine rings is 1. The highest BCUT2D eigenvalue weighted by Crippen LogP contribution is 2.30. The molecule has 8 heteroatoms. The first-order chi connectivity index (χ1) is 14.6. The highest BCUT2D eigenvalue weighted by atomic mass is 35.5. The van der Waals surface area contributed by atoms with E-state index in [0.29, 0.717) is 25.4 Å². The lowest BCUT2D eigenvalue weighted by molar-refractivity contribution is -0.135. The van der Waals surface area contributed by atoms with E-state index in [2.05, 4.69) is 32.6 Å². The first kappa shape index (κ1) is 22.2. The number of rotatable bonds is 2. The van der Waals surface area contributed by atoms with Crippen LogP contribution in [0.15, 0.2) is 34.2 Å². The predicted molar refractivity (Wildman–Crippen MR) is 126 cm³/mol. The van der Waals surface area contributed by atoms with Crippen LogP contribution in [-0.4, -0.2) is 52.3 Å². The highest BCUT2D eigenvalue weighted by molar-refractivity contribution is 7.99. The average Bonchev–Trinajstić information content (AvgIpc) is 2.74. The van der Waals surface area contributed by atoms with E-state index < -0.39 is 0 Å². The number of aromatic nitrogens is 2. The zero-order chi connectivity index (χ0) is 22.3. The number of benzene rings is 1. The molecule has 166 valence electrons. The predicted octanol–water partition coefficient (Wildman–Crippen LogP) is 3.57. The van der Waals surface area contributed by atoms with Crippen LogP contribution < -0.4 is 10.5 Å². The zero-order valence-corrected chi connectivity index (χ0v) is 20.1. The van der Waals surface area contributed by atoms with Gasteiger partial charge in [0.05, 0.1) is 11.6 Å². The van der Waals surface area contributed by atoms with Gasteiger partial charge < -0.3 is 9.80 Å². The van der Waals surface area contributed by atoms with Crippen LogP contribution in [0.25, 0.3) is 0 Å². The molecule has 0 spiro atoms. The number of carbonyl (C=O) groups excluding carboxylic acids is 1. The first-order valence-corrected chi connectivity index (χ1v) is 12.0. The van der Waals surface area contributed by atoms with E-state index in [-0.39, 0.29) is 22.8 Å². The van der Waals surface area contributed by atoms with Gasteiger partial charge in [-0.2, -0.15) is 0 Å². The second-order valence-corrected chi connectivity index (χ2v) is 10.8. The van der Waals surface area contributed by atoms with Crippen LogP contribution in [0, 0.1) is 12.8 Å². The maximum Gasteiger partial charge on any atom is 0.254 e. The van der Waals surface area contributed by atoms with Crippen LogP contribution in [0.2, 0.25) is 5.02 Å². The lowest BCUT2D eigenvalue weighted by Gasteiger charge is -2.39. The number of aryl methyl sites for hydroxylation is 1. The van der Waals surface area contributed by atoms with Crippen molar-refractivity contribution in [3.8, 4) is 0 Å². The van der Waals surface area contributed by atoms with Crippen molar-refractivity contribution in [3.05, 3.63) is 50.9 Å². The van der Waals surface area contributed by atoms with Crippen LogP contribution in [0.3, 0.4) is 0 Å². The van der Waals surface area contributed by atoms with Crippen molar-refractivity contribution in [1.29, 1.82) is 0 Å². The molecule has 1 fully saturated rings. The lowest BCUT2D eigenvalue weighted by atomic mass is 9.92. The molecule has 1 amide bonds. The van der Waals surface area contributed by atoms with Crippen LogP contribution in [0.4, 0.5) is 5.69 Å². The molecule has 2 aliphatic rings. The summed E-state index contributed by atoms with van der Waals surface area (Å²) in [5.74, 6) is 0.594. The van der Waals surface area contributed by atoms with Crippen molar-refractivity contribution < 1.29 is 4.79 Å². The molecule has 0 saturated carbocycles. The Hall–Kier alpha value is -1.99. The van der Waals surface area contributed by atoms with Crippen LogP contribution in [0.5, 0.6) is 0 Å². The Morgan fingerprint density at radius 3 is 2.55 bits per heavy atom. The van der Waals surface area contributed by atoms with Gasteiger partial charge in [0.2, 0.25) is 5.91 Å². The summed E-state index contributed by atoms with van der Waals surface area (Å²) in [5, 5.41) is 1.45. The monoisotopic (exact) mass is 460 g/mol. The topological polar surface area (TPSA) is 58.4 Å². The third-order valence-electron chi connectivity index (χ3n) is 6.01. The van der Waals surface area contributed by atoms with Crippen LogP contribution in [0.1, 0.15) is 32.0 Å². The number of amides is 1. The first-order valence-electron chi connectivity index (χ1n) is 10.7. The Labute approximate surface area is 192 Å². The number of fused-ring (bicyclic) bond motifs is 1.